The molecule has 2 aromatic rings. The van der Waals surface area contributed by atoms with Gasteiger partial charge in [-0.1, -0.05) is 29.8 Å². The van der Waals surface area contributed by atoms with E-state index in [9.17, 15) is 4.39 Å². The van der Waals surface area contributed by atoms with E-state index in [4.69, 9.17) is 16.9 Å². The summed E-state index contributed by atoms with van der Waals surface area (Å²) in [4.78, 5) is 0. The van der Waals surface area contributed by atoms with Crippen molar-refractivity contribution in [3.63, 3.8) is 0 Å². The number of hydrogen-bond donors (Lipinski definition) is 1. The number of benzene rings is 2. The average molecular weight is 289 g/mol. The fourth-order valence-electron chi connectivity index (χ4n) is 1.91. The fraction of sp³-hybridized carbons (Fsp3) is 0.188. The lowest BCUT2D eigenvalue weighted by atomic mass is 10.1. The highest BCUT2D eigenvalue weighted by Crippen LogP contribution is 2.17. The molecule has 20 heavy (non-hydrogen) atoms. The lowest BCUT2D eigenvalue weighted by Gasteiger charge is -2.14. The predicted octanol–water partition coefficient (Wildman–Crippen LogP) is 4.20. The first-order valence-electron chi connectivity index (χ1n) is 6.27. The summed E-state index contributed by atoms with van der Waals surface area (Å²) >= 11 is 5.85. The SMILES string of the molecule is C[C@@H](NCc1ccc(F)c(C#N)c1)c1ccc(Cl)cc1. The number of hydrogen-bond acceptors (Lipinski definition) is 2. The smallest absolute Gasteiger partial charge is 0.140 e. The zero-order valence-electron chi connectivity index (χ0n) is 11.0. The van der Waals surface area contributed by atoms with Crippen molar-refractivity contribution in [1.29, 1.82) is 5.26 Å². The molecule has 0 aromatic heterocycles. The Morgan fingerprint density at radius 1 is 1.25 bits per heavy atom. The van der Waals surface area contributed by atoms with Gasteiger partial charge in [-0.2, -0.15) is 5.26 Å². The average Bonchev–Trinajstić information content (AvgIpc) is 2.46. The Balaban J connectivity index is 2.01. The van der Waals surface area contributed by atoms with Crippen molar-refractivity contribution in [2.45, 2.75) is 19.5 Å². The first-order valence-corrected chi connectivity index (χ1v) is 6.65. The molecule has 0 heterocycles. The van der Waals surface area contributed by atoms with E-state index in [-0.39, 0.29) is 11.6 Å². The van der Waals surface area contributed by atoms with Gasteiger partial charge in [-0.25, -0.2) is 4.39 Å². The summed E-state index contributed by atoms with van der Waals surface area (Å²) in [7, 11) is 0. The van der Waals surface area contributed by atoms with Crippen LogP contribution >= 0.6 is 11.6 Å². The molecule has 0 saturated heterocycles. The minimum Gasteiger partial charge on any atom is -0.306 e. The molecule has 0 radical (unpaired) electrons. The molecule has 0 fully saturated rings. The molecule has 0 aliphatic heterocycles. The van der Waals surface area contributed by atoms with E-state index < -0.39 is 5.82 Å². The molecule has 0 bridgehead atoms. The second-order valence-corrected chi connectivity index (χ2v) is 5.02. The van der Waals surface area contributed by atoms with Gasteiger partial charge >= 0.3 is 0 Å². The second kappa shape index (κ2) is 6.51. The Morgan fingerprint density at radius 3 is 2.60 bits per heavy atom. The predicted molar refractivity (Wildman–Crippen MR) is 77.8 cm³/mol. The van der Waals surface area contributed by atoms with Crippen molar-refractivity contribution < 1.29 is 4.39 Å². The molecule has 2 rings (SSSR count). The number of nitriles is 1. The van der Waals surface area contributed by atoms with Gasteiger partial charge in [0.05, 0.1) is 5.56 Å². The molecule has 0 spiro atoms. The van der Waals surface area contributed by atoms with Gasteiger partial charge in [0.1, 0.15) is 11.9 Å². The van der Waals surface area contributed by atoms with E-state index in [2.05, 4.69) is 5.32 Å². The molecule has 2 aromatic carbocycles. The van der Waals surface area contributed by atoms with Crippen molar-refractivity contribution in [1.82, 2.24) is 5.32 Å². The number of nitrogens with one attached hydrogen (secondary N) is 1. The first kappa shape index (κ1) is 14.5. The Morgan fingerprint density at radius 2 is 1.95 bits per heavy atom. The van der Waals surface area contributed by atoms with Gasteiger partial charge in [0, 0.05) is 17.6 Å². The van der Waals surface area contributed by atoms with Crippen LogP contribution in [0.15, 0.2) is 42.5 Å². The maximum atomic E-state index is 13.2. The standard InChI is InChI=1S/C16H14ClFN2/c1-11(13-3-5-15(17)6-4-13)20-10-12-2-7-16(18)14(8-12)9-19/h2-8,11,20H,10H2,1H3/t11-/m1/s1. The van der Waals surface area contributed by atoms with Gasteiger partial charge in [-0.3, -0.25) is 0 Å². The van der Waals surface area contributed by atoms with Crippen LogP contribution in [-0.4, -0.2) is 0 Å². The van der Waals surface area contributed by atoms with E-state index >= 15 is 0 Å². The van der Waals surface area contributed by atoms with E-state index in [0.29, 0.717) is 11.6 Å². The molecular formula is C16H14ClFN2. The Labute approximate surface area is 122 Å². The van der Waals surface area contributed by atoms with Crippen molar-refractivity contribution in [3.8, 4) is 6.07 Å². The summed E-state index contributed by atoms with van der Waals surface area (Å²) in [6.45, 7) is 2.61. The van der Waals surface area contributed by atoms with Crippen LogP contribution in [0, 0.1) is 17.1 Å². The zero-order valence-corrected chi connectivity index (χ0v) is 11.8. The molecule has 4 heteroatoms. The van der Waals surface area contributed by atoms with Crippen LogP contribution in [-0.2, 0) is 6.54 Å². The Bertz CT molecular complexity index is 632. The lowest BCUT2D eigenvalue weighted by molar-refractivity contribution is 0.572. The molecule has 2 nitrogen and oxygen atoms in total. The second-order valence-electron chi connectivity index (χ2n) is 4.58. The fourth-order valence-corrected chi connectivity index (χ4v) is 2.03. The minimum atomic E-state index is -0.484. The van der Waals surface area contributed by atoms with Gasteiger partial charge in [0.2, 0.25) is 0 Å². The van der Waals surface area contributed by atoms with E-state index in [1.165, 1.54) is 6.07 Å². The molecular weight excluding hydrogens is 275 g/mol. The van der Waals surface area contributed by atoms with Crippen LogP contribution in [0.3, 0.4) is 0 Å². The van der Waals surface area contributed by atoms with Crippen molar-refractivity contribution in [2.75, 3.05) is 0 Å². The molecule has 0 aliphatic carbocycles. The largest absolute Gasteiger partial charge is 0.306 e. The summed E-state index contributed by atoms with van der Waals surface area (Å²) in [6, 6.07) is 14.2. The van der Waals surface area contributed by atoms with Crippen molar-refractivity contribution in [3.05, 3.63) is 70.0 Å². The molecule has 1 N–H and O–H groups in total. The highest BCUT2D eigenvalue weighted by atomic mass is 35.5. The molecule has 0 aliphatic rings. The third-order valence-electron chi connectivity index (χ3n) is 3.13. The van der Waals surface area contributed by atoms with Gasteiger partial charge < -0.3 is 5.32 Å². The van der Waals surface area contributed by atoms with Crippen LogP contribution in [0.5, 0.6) is 0 Å². The van der Waals surface area contributed by atoms with Crippen LogP contribution in [0.4, 0.5) is 4.39 Å². The number of halogens is 2. The van der Waals surface area contributed by atoms with E-state index in [1.807, 2.05) is 37.3 Å². The maximum Gasteiger partial charge on any atom is 0.140 e. The van der Waals surface area contributed by atoms with Crippen LogP contribution in [0.1, 0.15) is 29.7 Å². The molecule has 0 saturated carbocycles. The third-order valence-corrected chi connectivity index (χ3v) is 3.39. The van der Waals surface area contributed by atoms with Gasteiger partial charge in [0.25, 0.3) is 0 Å². The highest BCUT2D eigenvalue weighted by molar-refractivity contribution is 6.30. The molecule has 0 amide bonds. The Kier molecular flexibility index (Phi) is 4.73. The topological polar surface area (TPSA) is 35.8 Å². The first-order chi connectivity index (χ1) is 9.60. The molecule has 1 atom stereocenters. The van der Waals surface area contributed by atoms with Gasteiger partial charge in [0.15, 0.2) is 0 Å². The highest BCUT2D eigenvalue weighted by Gasteiger charge is 2.06. The molecule has 102 valence electrons. The summed E-state index contributed by atoms with van der Waals surface area (Å²) in [5.74, 6) is -0.484. The third kappa shape index (κ3) is 3.57. The zero-order chi connectivity index (χ0) is 14.5. The number of nitrogens with zero attached hydrogens (tertiary/aromatic N) is 1. The van der Waals surface area contributed by atoms with Gasteiger partial charge in [-0.15, -0.1) is 0 Å². The summed E-state index contributed by atoms with van der Waals surface area (Å²) in [5, 5.41) is 12.8. The normalized spacial score (nSPS) is 11.9. The number of rotatable bonds is 4. The maximum absolute atomic E-state index is 13.2. The Hall–Kier alpha value is -1.89. The van der Waals surface area contributed by atoms with Gasteiger partial charge in [-0.05, 0) is 42.3 Å². The monoisotopic (exact) mass is 288 g/mol. The van der Waals surface area contributed by atoms with E-state index in [1.54, 1.807) is 12.1 Å². The molecule has 0 unspecified atom stereocenters. The van der Waals surface area contributed by atoms with Crippen molar-refractivity contribution >= 4 is 11.6 Å². The van der Waals surface area contributed by atoms with Crippen LogP contribution < -0.4 is 5.32 Å². The summed E-state index contributed by atoms with van der Waals surface area (Å²) in [6.07, 6.45) is 0. The van der Waals surface area contributed by atoms with E-state index in [0.717, 1.165) is 11.1 Å². The van der Waals surface area contributed by atoms with Crippen molar-refractivity contribution in [2.24, 2.45) is 0 Å². The minimum absolute atomic E-state index is 0.0726. The quantitative estimate of drug-likeness (QED) is 0.915. The van der Waals surface area contributed by atoms with Crippen LogP contribution in [0.25, 0.3) is 0 Å². The lowest BCUT2D eigenvalue weighted by Crippen LogP contribution is -2.18. The summed E-state index contributed by atoms with van der Waals surface area (Å²) in [5.41, 5.74) is 2.07. The van der Waals surface area contributed by atoms with Crippen LogP contribution in [0.2, 0.25) is 5.02 Å². The summed E-state index contributed by atoms with van der Waals surface area (Å²) < 4.78 is 13.2.